The Morgan fingerprint density at radius 2 is 1.63 bits per heavy atom. The van der Waals surface area contributed by atoms with Crippen LogP contribution in [0.3, 0.4) is 0 Å². The van der Waals surface area contributed by atoms with E-state index in [1.807, 2.05) is 0 Å². The number of rotatable bonds is 0. The van der Waals surface area contributed by atoms with Crippen LogP contribution < -0.4 is 0 Å². The molecule has 4 aliphatic carbocycles. The molecule has 0 aromatic heterocycles. The first-order valence-electron chi connectivity index (χ1n) is 7.82. The number of benzene rings is 1. The lowest BCUT2D eigenvalue weighted by Crippen LogP contribution is -2.56. The highest BCUT2D eigenvalue weighted by molar-refractivity contribution is 5.42. The molecule has 0 spiro atoms. The maximum Gasteiger partial charge on any atom is 0.0385 e. The predicted octanol–water partition coefficient (Wildman–Crippen LogP) is 3.60. The first-order valence-corrected chi connectivity index (χ1v) is 7.82. The maximum atomic E-state index is 2.64. The lowest BCUT2D eigenvalue weighted by molar-refractivity contribution is -0.0442. The summed E-state index contributed by atoms with van der Waals surface area (Å²) in [6.45, 7) is 1.28. The normalized spacial score (nSPS) is 46.2. The molecule has 0 amide bonds. The van der Waals surface area contributed by atoms with E-state index in [2.05, 4.69) is 48.4 Å². The van der Waals surface area contributed by atoms with Crippen molar-refractivity contribution in [1.82, 2.24) is 4.90 Å². The van der Waals surface area contributed by atoms with Crippen molar-refractivity contribution in [2.24, 2.45) is 23.7 Å². The quantitative estimate of drug-likeness (QED) is 0.637. The highest BCUT2D eigenvalue weighted by atomic mass is 15.2. The van der Waals surface area contributed by atoms with Gasteiger partial charge in [0, 0.05) is 18.5 Å². The van der Waals surface area contributed by atoms with Gasteiger partial charge in [0.1, 0.15) is 0 Å². The molecular formula is C18H21N. The molecule has 1 saturated carbocycles. The van der Waals surface area contributed by atoms with Crippen LogP contribution in [0.5, 0.6) is 0 Å². The fourth-order valence-electron chi connectivity index (χ4n) is 5.79. The number of likely N-dealkylation sites (N-methyl/N-ethyl adjacent to an activating group) is 1. The van der Waals surface area contributed by atoms with E-state index in [0.29, 0.717) is 6.04 Å². The number of nitrogens with zero attached hydrogens (tertiary/aromatic N) is 1. The van der Waals surface area contributed by atoms with Crippen LogP contribution in [0.4, 0.5) is 0 Å². The van der Waals surface area contributed by atoms with Gasteiger partial charge in [0.25, 0.3) is 0 Å². The van der Waals surface area contributed by atoms with Crippen molar-refractivity contribution in [2.75, 3.05) is 13.6 Å². The molecule has 0 unspecified atom stereocenters. The molecule has 6 atom stereocenters. The van der Waals surface area contributed by atoms with Crippen LogP contribution in [0.25, 0.3) is 0 Å². The summed E-state index contributed by atoms with van der Waals surface area (Å²) in [7, 11) is 2.34. The summed E-state index contributed by atoms with van der Waals surface area (Å²) in [5, 5.41) is 0. The second-order valence-electron chi connectivity index (χ2n) is 7.06. The number of hydrogen-bond donors (Lipinski definition) is 0. The van der Waals surface area contributed by atoms with E-state index in [4.69, 9.17) is 0 Å². The molecule has 1 heteroatoms. The summed E-state index contributed by atoms with van der Waals surface area (Å²) in [4.78, 5) is 2.64. The van der Waals surface area contributed by atoms with E-state index in [1.165, 1.54) is 19.4 Å². The Bertz CT molecular complexity index is 561. The van der Waals surface area contributed by atoms with Gasteiger partial charge in [0.05, 0.1) is 0 Å². The van der Waals surface area contributed by atoms with Gasteiger partial charge in [-0.3, -0.25) is 4.90 Å². The predicted molar refractivity (Wildman–Crippen MR) is 76.9 cm³/mol. The molecule has 1 saturated heterocycles. The Morgan fingerprint density at radius 3 is 2.37 bits per heavy atom. The molecule has 2 aliphatic heterocycles. The Hall–Kier alpha value is -1.08. The third kappa shape index (κ3) is 1.20. The second kappa shape index (κ2) is 3.52. The molecule has 19 heavy (non-hydrogen) atoms. The molecule has 2 fully saturated rings. The van der Waals surface area contributed by atoms with Crippen molar-refractivity contribution in [3.05, 3.63) is 47.5 Å². The highest BCUT2D eigenvalue weighted by Crippen LogP contribution is 2.62. The molecule has 0 N–H and O–H groups in total. The van der Waals surface area contributed by atoms with Crippen LogP contribution in [-0.2, 0) is 0 Å². The van der Waals surface area contributed by atoms with Crippen molar-refractivity contribution >= 4 is 0 Å². The molecule has 2 heterocycles. The van der Waals surface area contributed by atoms with Crippen LogP contribution >= 0.6 is 0 Å². The standard InChI is InChI=1S/C18H21N/c1-19-10-15-13-4-2-3-5-14(13)18(19)17-12-8-6-11(7-9-12)16(15)17/h2-6,8,11-12,15-18H,7,9-10H2,1H3/t11-,12+,15-,16-,17-,18+/m1/s1. The molecule has 98 valence electrons. The number of piperidine rings is 1. The molecule has 0 radical (unpaired) electrons. The van der Waals surface area contributed by atoms with Crippen LogP contribution in [0.1, 0.15) is 35.9 Å². The van der Waals surface area contributed by atoms with Gasteiger partial charge in [-0.25, -0.2) is 0 Å². The first kappa shape index (κ1) is 10.7. The Morgan fingerprint density at radius 1 is 0.947 bits per heavy atom. The summed E-state index contributed by atoms with van der Waals surface area (Å²) >= 11 is 0. The van der Waals surface area contributed by atoms with E-state index in [-0.39, 0.29) is 0 Å². The Kier molecular flexibility index (Phi) is 1.98. The summed E-state index contributed by atoms with van der Waals surface area (Å²) in [6, 6.07) is 9.96. The largest absolute Gasteiger partial charge is 0.298 e. The van der Waals surface area contributed by atoms with Crippen LogP contribution in [0.15, 0.2) is 36.4 Å². The van der Waals surface area contributed by atoms with Gasteiger partial charge in [0.15, 0.2) is 0 Å². The van der Waals surface area contributed by atoms with Gasteiger partial charge in [-0.15, -0.1) is 0 Å². The molecule has 7 rings (SSSR count). The average Bonchev–Trinajstić information content (AvgIpc) is 2.48. The summed E-state index contributed by atoms with van der Waals surface area (Å²) in [5.74, 6) is 4.32. The van der Waals surface area contributed by atoms with Gasteiger partial charge in [0.2, 0.25) is 0 Å². The molecule has 4 bridgehead atoms. The Labute approximate surface area is 115 Å². The van der Waals surface area contributed by atoms with E-state index >= 15 is 0 Å². The smallest absolute Gasteiger partial charge is 0.0385 e. The minimum absolute atomic E-state index is 0.684. The summed E-state index contributed by atoms with van der Waals surface area (Å²) < 4.78 is 0. The lowest BCUT2D eigenvalue weighted by Gasteiger charge is -2.61. The summed E-state index contributed by atoms with van der Waals surface area (Å²) in [5.41, 5.74) is 3.32. The number of fused-ring (bicyclic) bond motifs is 2. The maximum absolute atomic E-state index is 2.64. The summed E-state index contributed by atoms with van der Waals surface area (Å²) in [6.07, 6.45) is 7.98. The number of hydrogen-bond acceptors (Lipinski definition) is 1. The van der Waals surface area contributed by atoms with Crippen LogP contribution in [0.2, 0.25) is 0 Å². The van der Waals surface area contributed by atoms with Crippen LogP contribution in [-0.4, -0.2) is 18.5 Å². The molecule has 1 aromatic carbocycles. The van der Waals surface area contributed by atoms with Gasteiger partial charge < -0.3 is 0 Å². The van der Waals surface area contributed by atoms with Gasteiger partial charge in [-0.2, -0.15) is 0 Å². The monoisotopic (exact) mass is 251 g/mol. The molecular weight excluding hydrogens is 230 g/mol. The third-order valence-electron chi connectivity index (χ3n) is 6.37. The van der Waals surface area contributed by atoms with E-state index < -0.39 is 0 Å². The lowest BCUT2D eigenvalue weighted by atomic mass is 9.50. The Balaban J connectivity index is 1.73. The van der Waals surface area contributed by atoms with Crippen molar-refractivity contribution in [1.29, 1.82) is 0 Å². The van der Waals surface area contributed by atoms with E-state index in [9.17, 15) is 0 Å². The third-order valence-corrected chi connectivity index (χ3v) is 6.37. The fraction of sp³-hybridized carbons (Fsp3) is 0.556. The van der Waals surface area contributed by atoms with E-state index in [0.717, 1.165) is 29.6 Å². The SMILES string of the molecule is CN1C[C@@H]2c3ccccc3[C@H]1[C@H]1[C@@H]2[C@@H]2C=C[C@H]1CC2. The molecule has 6 aliphatic rings. The van der Waals surface area contributed by atoms with Crippen molar-refractivity contribution in [3.8, 4) is 0 Å². The average molecular weight is 251 g/mol. The van der Waals surface area contributed by atoms with Crippen LogP contribution in [0, 0.1) is 23.7 Å². The first-order chi connectivity index (χ1) is 9.34. The number of allylic oxidation sites excluding steroid dienone is 2. The highest BCUT2D eigenvalue weighted by Gasteiger charge is 2.56. The minimum Gasteiger partial charge on any atom is -0.298 e. The van der Waals surface area contributed by atoms with Crippen molar-refractivity contribution in [2.45, 2.75) is 24.8 Å². The topological polar surface area (TPSA) is 3.24 Å². The molecule has 1 nitrogen and oxygen atoms in total. The van der Waals surface area contributed by atoms with Crippen molar-refractivity contribution < 1.29 is 0 Å². The minimum atomic E-state index is 0.684. The zero-order valence-electron chi connectivity index (χ0n) is 11.5. The molecule has 1 aromatic rings. The van der Waals surface area contributed by atoms with Crippen molar-refractivity contribution in [3.63, 3.8) is 0 Å². The van der Waals surface area contributed by atoms with Gasteiger partial charge in [-0.1, -0.05) is 36.4 Å². The van der Waals surface area contributed by atoms with E-state index in [1.54, 1.807) is 11.1 Å². The van der Waals surface area contributed by atoms with Gasteiger partial charge in [-0.05, 0) is 54.7 Å². The second-order valence-corrected chi connectivity index (χ2v) is 7.06. The zero-order valence-corrected chi connectivity index (χ0v) is 11.5. The van der Waals surface area contributed by atoms with Gasteiger partial charge >= 0.3 is 0 Å². The zero-order chi connectivity index (χ0) is 12.6. The fourth-order valence-corrected chi connectivity index (χ4v) is 5.79.